The van der Waals surface area contributed by atoms with Gasteiger partial charge >= 0.3 is 12.0 Å². The lowest BCUT2D eigenvalue weighted by Crippen LogP contribution is -2.52. The van der Waals surface area contributed by atoms with Gasteiger partial charge in [-0.3, -0.25) is 0 Å². The van der Waals surface area contributed by atoms with E-state index in [1.54, 1.807) is 4.90 Å². The number of hydrogen-bond acceptors (Lipinski definition) is 3. The number of urea groups is 1. The van der Waals surface area contributed by atoms with Crippen molar-refractivity contribution >= 4 is 12.0 Å². The van der Waals surface area contributed by atoms with Crippen LogP contribution in [0.25, 0.3) is 0 Å². The Kier molecular flexibility index (Phi) is 5.39. The molecule has 6 heteroatoms. The number of piperidine rings is 1. The molecule has 3 N–H and O–H groups in total. The highest BCUT2D eigenvalue weighted by atomic mass is 16.4. The number of rotatable bonds is 5. The summed E-state index contributed by atoms with van der Waals surface area (Å²) in [5.41, 5.74) is -1.59. The number of carboxylic acid groups (broad SMARTS) is 1. The summed E-state index contributed by atoms with van der Waals surface area (Å²) >= 11 is 0. The zero-order valence-electron chi connectivity index (χ0n) is 12.6. The first kappa shape index (κ1) is 16.8. The molecular formula is C14H26N2O4. The average molecular weight is 286 g/mol. The van der Waals surface area contributed by atoms with E-state index in [-0.39, 0.29) is 12.6 Å². The highest BCUT2D eigenvalue weighted by Crippen LogP contribution is 2.37. The van der Waals surface area contributed by atoms with Crippen LogP contribution in [0.1, 0.15) is 46.5 Å². The Bertz CT molecular complexity index is 354. The number of carboxylic acids is 1. The minimum Gasteiger partial charge on any atom is -0.479 e. The molecule has 0 radical (unpaired) electrons. The van der Waals surface area contributed by atoms with Crippen LogP contribution in [0.2, 0.25) is 0 Å². The third kappa shape index (κ3) is 3.85. The smallest absolute Gasteiger partial charge is 0.337 e. The number of nitrogens with one attached hydrogen (secondary N) is 1. The van der Waals surface area contributed by atoms with Gasteiger partial charge in [-0.1, -0.05) is 26.7 Å². The van der Waals surface area contributed by atoms with Crippen LogP contribution in [0.4, 0.5) is 4.79 Å². The van der Waals surface area contributed by atoms with E-state index in [1.807, 2.05) is 0 Å². The fraction of sp³-hybridized carbons (Fsp3) is 0.857. The monoisotopic (exact) mass is 286 g/mol. The SMILES string of the molecule is CCC1(CC)CCN(C(=O)NCC(C)(O)C(=O)O)CC1. The van der Waals surface area contributed by atoms with Gasteiger partial charge in [-0.25, -0.2) is 9.59 Å². The normalized spacial score (nSPS) is 21.1. The molecule has 1 rings (SSSR count). The summed E-state index contributed by atoms with van der Waals surface area (Å²) in [4.78, 5) is 24.4. The maximum atomic E-state index is 12.0. The molecule has 0 bridgehead atoms. The molecule has 0 aliphatic carbocycles. The summed E-state index contributed by atoms with van der Waals surface area (Å²) in [5, 5.41) is 20.8. The maximum Gasteiger partial charge on any atom is 0.337 e. The van der Waals surface area contributed by atoms with Crippen molar-refractivity contribution in [3.63, 3.8) is 0 Å². The molecule has 1 heterocycles. The van der Waals surface area contributed by atoms with Gasteiger partial charge in [-0.05, 0) is 25.2 Å². The van der Waals surface area contributed by atoms with E-state index in [0.29, 0.717) is 18.5 Å². The molecule has 1 fully saturated rings. The van der Waals surface area contributed by atoms with Crippen molar-refractivity contribution in [1.29, 1.82) is 0 Å². The summed E-state index contributed by atoms with van der Waals surface area (Å²) in [6.45, 7) is 6.62. The number of aliphatic hydroxyl groups is 1. The summed E-state index contributed by atoms with van der Waals surface area (Å²) in [5.74, 6) is -1.34. The van der Waals surface area contributed by atoms with Crippen LogP contribution in [0, 0.1) is 5.41 Å². The standard InChI is InChI=1S/C14H26N2O4/c1-4-14(5-2)6-8-16(9-7-14)12(19)15-10-13(3,20)11(17)18/h20H,4-10H2,1-3H3,(H,15,19)(H,17,18). The number of carbonyl (C=O) groups is 2. The lowest BCUT2D eigenvalue weighted by Gasteiger charge is -2.41. The number of carbonyl (C=O) groups excluding carboxylic acids is 1. The van der Waals surface area contributed by atoms with Gasteiger partial charge in [0, 0.05) is 13.1 Å². The van der Waals surface area contributed by atoms with Crippen LogP contribution in [-0.4, -0.2) is 52.3 Å². The van der Waals surface area contributed by atoms with Gasteiger partial charge in [0.15, 0.2) is 5.60 Å². The van der Waals surface area contributed by atoms with Crippen LogP contribution in [0.3, 0.4) is 0 Å². The second kappa shape index (κ2) is 6.43. The van der Waals surface area contributed by atoms with E-state index in [4.69, 9.17) is 5.11 Å². The largest absolute Gasteiger partial charge is 0.479 e. The first-order valence-corrected chi connectivity index (χ1v) is 7.25. The molecule has 20 heavy (non-hydrogen) atoms. The van der Waals surface area contributed by atoms with Gasteiger partial charge in [0.25, 0.3) is 0 Å². The van der Waals surface area contributed by atoms with Crippen molar-refractivity contribution in [2.75, 3.05) is 19.6 Å². The van der Waals surface area contributed by atoms with Crippen LogP contribution < -0.4 is 5.32 Å². The minimum absolute atomic E-state index is 0.287. The quantitative estimate of drug-likeness (QED) is 0.713. The van der Waals surface area contributed by atoms with Crippen molar-refractivity contribution < 1.29 is 19.8 Å². The Balaban J connectivity index is 2.46. The van der Waals surface area contributed by atoms with Crippen LogP contribution in [0.15, 0.2) is 0 Å². The number of nitrogens with zero attached hydrogens (tertiary/aromatic N) is 1. The minimum atomic E-state index is -1.93. The molecule has 0 aromatic rings. The lowest BCUT2D eigenvalue weighted by atomic mass is 9.74. The number of hydrogen-bond donors (Lipinski definition) is 3. The predicted octanol–water partition coefficient (Wildman–Crippen LogP) is 1.43. The maximum absolute atomic E-state index is 12.0. The van der Waals surface area contributed by atoms with Crippen molar-refractivity contribution in [3.8, 4) is 0 Å². The molecule has 0 aromatic heterocycles. The van der Waals surface area contributed by atoms with Gasteiger partial charge < -0.3 is 20.4 Å². The third-order valence-electron chi connectivity index (χ3n) is 4.66. The van der Waals surface area contributed by atoms with Crippen molar-refractivity contribution in [1.82, 2.24) is 10.2 Å². The Morgan fingerprint density at radius 3 is 2.15 bits per heavy atom. The highest BCUT2D eigenvalue weighted by molar-refractivity contribution is 5.79. The summed E-state index contributed by atoms with van der Waals surface area (Å²) in [7, 11) is 0. The Hall–Kier alpha value is -1.30. The third-order valence-corrected chi connectivity index (χ3v) is 4.66. The molecule has 1 unspecified atom stereocenters. The van der Waals surface area contributed by atoms with E-state index in [2.05, 4.69) is 19.2 Å². The molecule has 1 saturated heterocycles. The van der Waals surface area contributed by atoms with Gasteiger partial charge in [0.2, 0.25) is 0 Å². The number of aliphatic carboxylic acids is 1. The molecule has 1 aliphatic rings. The van der Waals surface area contributed by atoms with E-state index < -0.39 is 11.6 Å². The number of likely N-dealkylation sites (tertiary alicyclic amines) is 1. The lowest BCUT2D eigenvalue weighted by molar-refractivity contribution is -0.155. The predicted molar refractivity (Wildman–Crippen MR) is 75.5 cm³/mol. The van der Waals surface area contributed by atoms with Gasteiger partial charge in [-0.15, -0.1) is 0 Å². The van der Waals surface area contributed by atoms with E-state index in [9.17, 15) is 14.7 Å². The first-order valence-electron chi connectivity index (χ1n) is 7.25. The molecule has 0 aromatic carbocycles. The Morgan fingerprint density at radius 2 is 1.75 bits per heavy atom. The molecular weight excluding hydrogens is 260 g/mol. The van der Waals surface area contributed by atoms with Crippen molar-refractivity contribution in [3.05, 3.63) is 0 Å². The first-order chi connectivity index (χ1) is 9.26. The summed E-state index contributed by atoms with van der Waals surface area (Å²) < 4.78 is 0. The zero-order chi connectivity index (χ0) is 15.4. The molecule has 1 atom stereocenters. The summed E-state index contributed by atoms with van der Waals surface area (Å²) in [6, 6.07) is -0.299. The fourth-order valence-electron chi connectivity index (χ4n) is 2.58. The molecule has 6 nitrogen and oxygen atoms in total. The van der Waals surface area contributed by atoms with E-state index >= 15 is 0 Å². The highest BCUT2D eigenvalue weighted by Gasteiger charge is 2.34. The van der Waals surface area contributed by atoms with Crippen LogP contribution >= 0.6 is 0 Å². The molecule has 1 aliphatic heterocycles. The topological polar surface area (TPSA) is 89.9 Å². The van der Waals surface area contributed by atoms with Crippen LogP contribution in [-0.2, 0) is 4.79 Å². The average Bonchev–Trinajstić information content (AvgIpc) is 2.44. The zero-order valence-corrected chi connectivity index (χ0v) is 12.6. The van der Waals surface area contributed by atoms with Gasteiger partial charge in [-0.2, -0.15) is 0 Å². The van der Waals surface area contributed by atoms with Gasteiger partial charge in [0.1, 0.15) is 0 Å². The Morgan fingerprint density at radius 1 is 1.25 bits per heavy atom. The van der Waals surface area contributed by atoms with E-state index in [0.717, 1.165) is 25.7 Å². The van der Waals surface area contributed by atoms with Crippen molar-refractivity contribution in [2.45, 2.75) is 52.1 Å². The summed E-state index contributed by atoms with van der Waals surface area (Å²) in [6.07, 6.45) is 4.19. The van der Waals surface area contributed by atoms with Crippen molar-refractivity contribution in [2.24, 2.45) is 5.41 Å². The van der Waals surface area contributed by atoms with Crippen LogP contribution in [0.5, 0.6) is 0 Å². The molecule has 2 amide bonds. The number of amides is 2. The Labute approximate surface area is 120 Å². The molecule has 0 saturated carbocycles. The van der Waals surface area contributed by atoms with Gasteiger partial charge in [0.05, 0.1) is 6.54 Å². The second-order valence-corrected chi connectivity index (χ2v) is 5.93. The van der Waals surface area contributed by atoms with E-state index in [1.165, 1.54) is 6.92 Å². The molecule has 116 valence electrons. The fourth-order valence-corrected chi connectivity index (χ4v) is 2.58. The second-order valence-electron chi connectivity index (χ2n) is 5.93. The molecule has 0 spiro atoms.